The van der Waals surface area contributed by atoms with Crippen molar-refractivity contribution in [3.8, 4) is 56.7 Å². The summed E-state index contributed by atoms with van der Waals surface area (Å²) < 4.78 is 4.83. The van der Waals surface area contributed by atoms with E-state index in [-0.39, 0.29) is 0 Å². The summed E-state index contributed by atoms with van der Waals surface area (Å²) in [6.45, 7) is 0. The van der Waals surface area contributed by atoms with Crippen LogP contribution in [-0.4, -0.2) is 24.1 Å². The Hall–Kier alpha value is -7.11. The summed E-state index contributed by atoms with van der Waals surface area (Å²) in [6.07, 6.45) is 4.27. The third-order valence-electron chi connectivity index (χ3n) is 11.4. The summed E-state index contributed by atoms with van der Waals surface area (Å²) in [4.78, 5) is 16.1. The predicted octanol–water partition coefficient (Wildman–Crippen LogP) is 12.5. The Kier molecular flexibility index (Phi) is 7.69. The van der Waals surface area contributed by atoms with Crippen molar-refractivity contribution in [3.05, 3.63) is 187 Å². The highest BCUT2D eigenvalue weighted by atomic mass is 15.2. The van der Waals surface area contributed by atoms with Crippen molar-refractivity contribution in [3.63, 3.8) is 0 Å². The van der Waals surface area contributed by atoms with Gasteiger partial charge in [-0.3, -0.25) is 4.57 Å². The van der Waals surface area contributed by atoms with E-state index >= 15 is 0 Å². The minimum absolute atomic E-state index is 0.644. The number of hydrogen-bond donors (Lipinski definition) is 0. The normalized spacial score (nSPS) is 12.7. The smallest absolute Gasteiger partial charge is 0.238 e. The zero-order valence-corrected chi connectivity index (χ0v) is 30.8. The molecule has 10 aromatic rings. The van der Waals surface area contributed by atoms with Crippen molar-refractivity contribution in [2.24, 2.45) is 0 Å². The van der Waals surface area contributed by atoms with Crippen LogP contribution in [0, 0.1) is 0 Å². The van der Waals surface area contributed by atoms with Crippen LogP contribution in [0.15, 0.2) is 176 Å². The number of nitrogens with zero attached hydrogens (tertiary/aromatic N) is 5. The van der Waals surface area contributed by atoms with Crippen LogP contribution in [0.4, 0.5) is 0 Å². The molecule has 3 heterocycles. The molecule has 0 aliphatic heterocycles. The standard InChI is InChI=1S/C51H37N5/c1-4-16-34(17-5-1)36-20-14-22-38(32-36)49-52-50(39-23-15-21-37(33-39)35-18-6-2-7-19-35)54-51(53-49)56-46-29-13-11-27-42(46)44-31-30-43-41-26-10-12-28-45(41)55(47(43)48(44)56)40-24-8-3-9-25-40/h1-10,12,14-26,28,30-33H,11,13,27,29H2. The molecule has 0 unspecified atom stereocenters. The van der Waals surface area contributed by atoms with E-state index in [2.05, 4.69) is 185 Å². The van der Waals surface area contributed by atoms with Gasteiger partial charge in [0.15, 0.2) is 11.6 Å². The van der Waals surface area contributed by atoms with Crippen LogP contribution in [0.3, 0.4) is 0 Å². The van der Waals surface area contributed by atoms with E-state index in [4.69, 9.17) is 15.0 Å². The Morgan fingerprint density at radius 3 is 1.55 bits per heavy atom. The van der Waals surface area contributed by atoms with Crippen LogP contribution in [-0.2, 0) is 12.8 Å². The maximum absolute atomic E-state index is 5.44. The van der Waals surface area contributed by atoms with Gasteiger partial charge >= 0.3 is 0 Å². The molecule has 0 radical (unpaired) electrons. The fraction of sp³-hybridized carbons (Fsp3) is 0.0784. The topological polar surface area (TPSA) is 48.5 Å². The molecule has 1 aliphatic rings. The lowest BCUT2D eigenvalue weighted by Gasteiger charge is -2.17. The van der Waals surface area contributed by atoms with E-state index in [1.165, 1.54) is 38.4 Å². The van der Waals surface area contributed by atoms with Crippen LogP contribution in [0.1, 0.15) is 24.1 Å². The highest BCUT2D eigenvalue weighted by molar-refractivity contribution is 6.19. The number of benzene rings is 7. The Bertz CT molecular complexity index is 2970. The molecule has 3 aromatic heterocycles. The van der Waals surface area contributed by atoms with Crippen LogP contribution >= 0.6 is 0 Å². The van der Waals surface area contributed by atoms with Gasteiger partial charge in [0.2, 0.25) is 5.95 Å². The molecule has 7 aromatic carbocycles. The molecule has 0 N–H and O–H groups in total. The number of rotatable bonds is 6. The average molecular weight is 720 g/mol. The second kappa shape index (κ2) is 13.3. The van der Waals surface area contributed by atoms with Crippen LogP contribution in [0.2, 0.25) is 0 Å². The van der Waals surface area contributed by atoms with Crippen LogP contribution < -0.4 is 0 Å². The molecule has 5 heteroatoms. The van der Waals surface area contributed by atoms with Gasteiger partial charge in [0.1, 0.15) is 0 Å². The molecular weight excluding hydrogens is 683 g/mol. The third kappa shape index (κ3) is 5.35. The zero-order chi connectivity index (χ0) is 37.0. The van der Waals surface area contributed by atoms with Gasteiger partial charge in [-0.25, -0.2) is 4.98 Å². The first-order valence-electron chi connectivity index (χ1n) is 19.5. The summed E-state index contributed by atoms with van der Waals surface area (Å²) in [5.41, 5.74) is 13.8. The van der Waals surface area contributed by atoms with Gasteiger partial charge in [-0.1, -0.05) is 146 Å². The number of para-hydroxylation sites is 2. The molecule has 0 fully saturated rings. The Morgan fingerprint density at radius 1 is 0.375 bits per heavy atom. The first kappa shape index (κ1) is 32.3. The molecule has 0 bridgehead atoms. The number of aryl methyl sites for hydroxylation is 1. The Balaban J connectivity index is 1.23. The van der Waals surface area contributed by atoms with Gasteiger partial charge < -0.3 is 4.57 Å². The van der Waals surface area contributed by atoms with E-state index in [9.17, 15) is 0 Å². The van der Waals surface area contributed by atoms with Gasteiger partial charge in [-0.2, -0.15) is 9.97 Å². The summed E-state index contributed by atoms with van der Waals surface area (Å²) in [7, 11) is 0. The lowest BCUT2D eigenvalue weighted by molar-refractivity contribution is 0.661. The zero-order valence-electron chi connectivity index (χ0n) is 30.8. The van der Waals surface area contributed by atoms with E-state index in [1.807, 2.05) is 0 Å². The third-order valence-corrected chi connectivity index (χ3v) is 11.4. The summed E-state index contributed by atoms with van der Waals surface area (Å²) >= 11 is 0. The van der Waals surface area contributed by atoms with Gasteiger partial charge in [-0.05, 0) is 83.8 Å². The SMILES string of the molecule is c1ccc(-c2cccc(-c3nc(-c4cccc(-c5ccccc5)c4)nc(-n4c5c(c6ccc7c8ccccc8n(-c8ccccc8)c7c64)CCCC5)n3)c2)cc1. The maximum atomic E-state index is 5.44. The lowest BCUT2D eigenvalue weighted by Crippen LogP contribution is -2.12. The Labute approximate surface area is 325 Å². The van der Waals surface area contributed by atoms with Crippen LogP contribution in [0.25, 0.3) is 89.4 Å². The quantitative estimate of drug-likeness (QED) is 0.172. The monoisotopic (exact) mass is 719 g/mol. The molecule has 0 spiro atoms. The van der Waals surface area contributed by atoms with Gasteiger partial charge in [0, 0.05) is 38.7 Å². The molecular formula is C51H37N5. The van der Waals surface area contributed by atoms with Gasteiger partial charge in [-0.15, -0.1) is 0 Å². The molecule has 0 amide bonds. The van der Waals surface area contributed by atoms with E-state index < -0.39 is 0 Å². The van der Waals surface area contributed by atoms with Crippen molar-refractivity contribution in [1.29, 1.82) is 0 Å². The van der Waals surface area contributed by atoms with Gasteiger partial charge in [0.05, 0.1) is 16.6 Å². The first-order chi connectivity index (χ1) is 27.8. The van der Waals surface area contributed by atoms with Crippen molar-refractivity contribution in [2.75, 3.05) is 0 Å². The van der Waals surface area contributed by atoms with Crippen molar-refractivity contribution in [2.45, 2.75) is 25.7 Å². The lowest BCUT2D eigenvalue weighted by atomic mass is 9.95. The molecule has 5 nitrogen and oxygen atoms in total. The molecule has 0 saturated carbocycles. The molecule has 0 saturated heterocycles. The first-order valence-corrected chi connectivity index (χ1v) is 19.5. The largest absolute Gasteiger partial charge is 0.307 e. The van der Waals surface area contributed by atoms with Crippen molar-refractivity contribution >= 4 is 32.7 Å². The fourth-order valence-electron chi connectivity index (χ4n) is 8.80. The second-order valence-electron chi connectivity index (χ2n) is 14.7. The molecule has 56 heavy (non-hydrogen) atoms. The average Bonchev–Trinajstić information content (AvgIpc) is 3.80. The molecule has 266 valence electrons. The summed E-state index contributed by atoms with van der Waals surface area (Å²) in [6, 6.07) is 62.3. The van der Waals surface area contributed by atoms with Crippen molar-refractivity contribution in [1.82, 2.24) is 24.1 Å². The minimum atomic E-state index is 0.644. The van der Waals surface area contributed by atoms with E-state index in [0.29, 0.717) is 17.6 Å². The molecule has 11 rings (SSSR count). The predicted molar refractivity (Wildman–Crippen MR) is 229 cm³/mol. The maximum Gasteiger partial charge on any atom is 0.238 e. The number of fused-ring (bicyclic) bond motifs is 7. The Morgan fingerprint density at radius 2 is 0.893 bits per heavy atom. The highest BCUT2D eigenvalue weighted by Gasteiger charge is 2.27. The number of hydrogen-bond acceptors (Lipinski definition) is 3. The van der Waals surface area contributed by atoms with Gasteiger partial charge in [0.25, 0.3) is 0 Å². The number of aromatic nitrogens is 5. The van der Waals surface area contributed by atoms with Crippen molar-refractivity contribution < 1.29 is 0 Å². The molecule has 1 aliphatic carbocycles. The van der Waals surface area contributed by atoms with Crippen LogP contribution in [0.5, 0.6) is 0 Å². The summed E-state index contributed by atoms with van der Waals surface area (Å²) in [5, 5.41) is 3.72. The highest BCUT2D eigenvalue weighted by Crippen LogP contribution is 2.42. The van der Waals surface area contributed by atoms with E-state index in [1.54, 1.807) is 0 Å². The minimum Gasteiger partial charge on any atom is -0.307 e. The molecule has 0 atom stereocenters. The second-order valence-corrected chi connectivity index (χ2v) is 14.7. The fourth-order valence-corrected chi connectivity index (χ4v) is 8.80. The van der Waals surface area contributed by atoms with E-state index in [0.717, 1.165) is 70.3 Å². The summed E-state index contributed by atoms with van der Waals surface area (Å²) in [5.74, 6) is 1.94.